The molecule has 0 bridgehead atoms. The Bertz CT molecular complexity index is 146. The summed E-state index contributed by atoms with van der Waals surface area (Å²) in [7, 11) is -1.43. The van der Waals surface area contributed by atoms with Crippen molar-refractivity contribution in [2.75, 3.05) is 12.8 Å². The first-order valence-electron chi connectivity index (χ1n) is 4.99. The lowest BCUT2D eigenvalue weighted by atomic mass is 10.2. The van der Waals surface area contributed by atoms with E-state index in [1.165, 1.54) is 19.3 Å². The van der Waals surface area contributed by atoms with Crippen LogP contribution in [-0.4, -0.2) is 12.8 Å². The summed E-state index contributed by atoms with van der Waals surface area (Å²) >= 11 is 0. The molecule has 1 atom stereocenters. The van der Waals surface area contributed by atoms with Crippen LogP contribution in [0, 0.1) is 0 Å². The van der Waals surface area contributed by atoms with Crippen molar-refractivity contribution < 1.29 is 9.09 Å². The maximum atomic E-state index is 11.1. The van der Waals surface area contributed by atoms with E-state index in [2.05, 4.69) is 13.5 Å². The molecular formula is C10H20O2P+. The lowest BCUT2D eigenvalue weighted by Crippen LogP contribution is -1.88. The first kappa shape index (κ1) is 12.8. The molecule has 0 aliphatic heterocycles. The molecule has 0 N–H and O–H groups in total. The van der Waals surface area contributed by atoms with E-state index in [0.29, 0.717) is 12.8 Å². The topological polar surface area (TPSA) is 26.3 Å². The second kappa shape index (κ2) is 9.88. The average Bonchev–Trinajstić information content (AvgIpc) is 2.14. The van der Waals surface area contributed by atoms with E-state index in [1.54, 1.807) is 6.08 Å². The molecule has 2 nitrogen and oxygen atoms in total. The summed E-state index contributed by atoms with van der Waals surface area (Å²) < 4.78 is 16.3. The van der Waals surface area contributed by atoms with E-state index in [-0.39, 0.29) is 0 Å². The van der Waals surface area contributed by atoms with Gasteiger partial charge in [-0.25, -0.2) is 0 Å². The predicted molar refractivity (Wildman–Crippen MR) is 57.4 cm³/mol. The van der Waals surface area contributed by atoms with Crippen LogP contribution in [0.2, 0.25) is 0 Å². The van der Waals surface area contributed by atoms with Gasteiger partial charge in [-0.1, -0.05) is 32.3 Å². The Labute approximate surface area is 82.2 Å². The van der Waals surface area contributed by atoms with E-state index in [0.717, 1.165) is 12.8 Å². The standard InChI is InChI=1S/C10H20O2P/c1-3-5-7-8-9-12-13(11)10-6-4-2/h4H,2-3,5-10H2,1H3/q+1. The van der Waals surface area contributed by atoms with Gasteiger partial charge in [-0.3, -0.25) is 0 Å². The first-order valence-corrected chi connectivity index (χ1v) is 6.36. The molecule has 13 heavy (non-hydrogen) atoms. The molecule has 3 heteroatoms. The van der Waals surface area contributed by atoms with Crippen molar-refractivity contribution in [3.05, 3.63) is 12.7 Å². The third-order valence-electron chi connectivity index (χ3n) is 1.75. The number of rotatable bonds is 9. The Morgan fingerprint density at radius 3 is 2.77 bits per heavy atom. The third kappa shape index (κ3) is 9.72. The van der Waals surface area contributed by atoms with Crippen molar-refractivity contribution in [2.24, 2.45) is 0 Å². The van der Waals surface area contributed by atoms with Gasteiger partial charge < -0.3 is 0 Å². The van der Waals surface area contributed by atoms with E-state index in [4.69, 9.17) is 4.52 Å². The van der Waals surface area contributed by atoms with Crippen molar-refractivity contribution in [3.63, 3.8) is 0 Å². The molecule has 0 radical (unpaired) electrons. The van der Waals surface area contributed by atoms with Gasteiger partial charge in [0.25, 0.3) is 0 Å². The van der Waals surface area contributed by atoms with Gasteiger partial charge in [-0.2, -0.15) is 0 Å². The van der Waals surface area contributed by atoms with E-state index in [1.807, 2.05) is 0 Å². The van der Waals surface area contributed by atoms with Gasteiger partial charge in [0.05, 0.1) is 0 Å². The highest BCUT2D eigenvalue weighted by Gasteiger charge is 2.14. The summed E-state index contributed by atoms with van der Waals surface area (Å²) in [6.45, 7) is 6.39. The molecule has 0 aromatic carbocycles. The molecule has 76 valence electrons. The lowest BCUT2D eigenvalue weighted by molar-refractivity contribution is 0.316. The minimum Gasteiger partial charge on any atom is -0.146 e. The van der Waals surface area contributed by atoms with Gasteiger partial charge >= 0.3 is 8.03 Å². The zero-order valence-electron chi connectivity index (χ0n) is 8.50. The molecule has 0 aliphatic rings. The van der Waals surface area contributed by atoms with Gasteiger partial charge in [0.1, 0.15) is 6.61 Å². The minimum atomic E-state index is -1.43. The zero-order chi connectivity index (χ0) is 9.94. The molecule has 1 unspecified atom stereocenters. The monoisotopic (exact) mass is 203 g/mol. The predicted octanol–water partition coefficient (Wildman–Crippen LogP) is 3.90. The molecule has 0 aromatic rings. The van der Waals surface area contributed by atoms with Gasteiger partial charge in [0, 0.05) is 6.42 Å². The number of hydrogen-bond acceptors (Lipinski definition) is 2. The highest BCUT2D eigenvalue weighted by atomic mass is 31.1. The second-order valence-electron chi connectivity index (χ2n) is 3.03. The maximum absolute atomic E-state index is 11.1. The van der Waals surface area contributed by atoms with E-state index in [9.17, 15) is 4.57 Å². The van der Waals surface area contributed by atoms with Crippen LogP contribution in [0.4, 0.5) is 0 Å². The van der Waals surface area contributed by atoms with Crippen LogP contribution in [-0.2, 0) is 9.09 Å². The van der Waals surface area contributed by atoms with Gasteiger partial charge in [0.2, 0.25) is 0 Å². The van der Waals surface area contributed by atoms with Crippen LogP contribution >= 0.6 is 8.03 Å². The van der Waals surface area contributed by atoms with Crippen LogP contribution < -0.4 is 0 Å². The zero-order valence-corrected chi connectivity index (χ0v) is 9.39. The molecule has 0 aromatic heterocycles. The summed E-state index contributed by atoms with van der Waals surface area (Å²) in [6.07, 6.45) is 7.85. The fourth-order valence-corrected chi connectivity index (χ4v) is 1.81. The minimum absolute atomic E-state index is 0.618. The van der Waals surface area contributed by atoms with Crippen molar-refractivity contribution in [1.82, 2.24) is 0 Å². The maximum Gasteiger partial charge on any atom is 0.508 e. The Balaban J connectivity index is 3.12. The quantitative estimate of drug-likeness (QED) is 0.322. The van der Waals surface area contributed by atoms with E-state index >= 15 is 0 Å². The van der Waals surface area contributed by atoms with Crippen molar-refractivity contribution in [3.8, 4) is 0 Å². The largest absolute Gasteiger partial charge is 0.508 e. The lowest BCUT2D eigenvalue weighted by Gasteiger charge is -1.93. The Morgan fingerprint density at radius 2 is 2.15 bits per heavy atom. The Kier molecular flexibility index (Phi) is 9.73. The number of hydrogen-bond donors (Lipinski definition) is 0. The smallest absolute Gasteiger partial charge is 0.146 e. The van der Waals surface area contributed by atoms with Crippen LogP contribution in [0.1, 0.15) is 39.0 Å². The summed E-state index contributed by atoms with van der Waals surface area (Å²) in [4.78, 5) is 0. The molecule has 0 saturated heterocycles. The van der Waals surface area contributed by atoms with Crippen molar-refractivity contribution in [1.29, 1.82) is 0 Å². The molecule has 0 saturated carbocycles. The highest BCUT2D eigenvalue weighted by Crippen LogP contribution is 2.23. The fraction of sp³-hybridized carbons (Fsp3) is 0.800. The average molecular weight is 203 g/mol. The second-order valence-corrected chi connectivity index (χ2v) is 4.40. The van der Waals surface area contributed by atoms with Crippen molar-refractivity contribution >= 4 is 8.03 Å². The third-order valence-corrected chi connectivity index (χ3v) is 2.84. The van der Waals surface area contributed by atoms with Gasteiger partial charge in [-0.15, -0.1) is 11.1 Å². The molecule has 0 rings (SSSR count). The Hall–Kier alpha value is -0.200. The summed E-state index contributed by atoms with van der Waals surface area (Å²) in [5.41, 5.74) is 0. The normalized spacial score (nSPS) is 11.3. The Morgan fingerprint density at radius 1 is 1.38 bits per heavy atom. The first-order chi connectivity index (χ1) is 6.31. The molecule has 0 spiro atoms. The molecular weight excluding hydrogens is 183 g/mol. The van der Waals surface area contributed by atoms with Crippen molar-refractivity contribution in [2.45, 2.75) is 39.0 Å². The summed E-state index contributed by atoms with van der Waals surface area (Å²) in [5, 5.41) is 0. The van der Waals surface area contributed by atoms with Crippen LogP contribution in [0.15, 0.2) is 12.7 Å². The fourth-order valence-electron chi connectivity index (χ4n) is 0.956. The van der Waals surface area contributed by atoms with E-state index < -0.39 is 8.03 Å². The van der Waals surface area contributed by atoms with Gasteiger partial charge in [0.15, 0.2) is 6.16 Å². The molecule has 0 heterocycles. The number of unbranched alkanes of at least 4 members (excludes halogenated alkanes) is 3. The molecule has 0 fully saturated rings. The van der Waals surface area contributed by atoms with Crippen LogP contribution in [0.25, 0.3) is 0 Å². The van der Waals surface area contributed by atoms with Crippen LogP contribution in [0.5, 0.6) is 0 Å². The SMILES string of the molecule is C=CCC[P+](=O)OCCCCCC. The summed E-state index contributed by atoms with van der Waals surface area (Å²) in [5.74, 6) is 0. The summed E-state index contributed by atoms with van der Waals surface area (Å²) in [6, 6.07) is 0. The van der Waals surface area contributed by atoms with Crippen LogP contribution in [0.3, 0.4) is 0 Å². The molecule has 0 amide bonds. The van der Waals surface area contributed by atoms with Gasteiger partial charge in [-0.05, 0) is 11.0 Å². The number of allylic oxidation sites excluding steroid dienone is 1. The molecule has 0 aliphatic carbocycles. The highest BCUT2D eigenvalue weighted by molar-refractivity contribution is 7.39.